The summed E-state index contributed by atoms with van der Waals surface area (Å²) < 4.78 is 0. The van der Waals surface area contributed by atoms with Crippen molar-refractivity contribution in [1.82, 2.24) is 10.2 Å². The van der Waals surface area contributed by atoms with Crippen LogP contribution in [0.25, 0.3) is 0 Å². The van der Waals surface area contributed by atoms with Gasteiger partial charge < -0.3 is 16.0 Å². The highest BCUT2D eigenvalue weighted by molar-refractivity contribution is 5.79. The molecule has 1 atom stereocenters. The molecule has 2 aliphatic rings. The molecule has 4 nitrogen and oxygen atoms in total. The van der Waals surface area contributed by atoms with Crippen molar-refractivity contribution < 1.29 is 4.79 Å². The van der Waals surface area contributed by atoms with Crippen LogP contribution < -0.4 is 11.1 Å². The Kier molecular flexibility index (Phi) is 5.64. The van der Waals surface area contributed by atoms with Crippen molar-refractivity contribution in [1.29, 1.82) is 0 Å². The molecule has 0 aromatic rings. The highest BCUT2D eigenvalue weighted by Gasteiger charge is 2.28. The number of hydrogen-bond acceptors (Lipinski definition) is 3. The van der Waals surface area contributed by atoms with Gasteiger partial charge in [0.15, 0.2) is 0 Å². The molecule has 4 heteroatoms. The second-order valence-electron chi connectivity index (χ2n) is 6.33. The molecule has 2 rings (SSSR count). The Morgan fingerprint density at radius 1 is 1.21 bits per heavy atom. The number of likely N-dealkylation sites (tertiary alicyclic amines) is 1. The first-order chi connectivity index (χ1) is 9.20. The number of rotatable bonds is 4. The highest BCUT2D eigenvalue weighted by atomic mass is 16.2. The fourth-order valence-corrected chi connectivity index (χ4v) is 3.48. The molecule has 1 aliphatic carbocycles. The third-order valence-corrected chi connectivity index (χ3v) is 4.89. The molecule has 110 valence electrons. The number of nitrogens with two attached hydrogens (primary N) is 1. The van der Waals surface area contributed by atoms with E-state index in [1.54, 1.807) is 0 Å². The molecule has 1 amide bonds. The van der Waals surface area contributed by atoms with E-state index < -0.39 is 0 Å². The van der Waals surface area contributed by atoms with Crippen molar-refractivity contribution in [3.63, 3.8) is 0 Å². The average molecular weight is 267 g/mol. The molecule has 1 unspecified atom stereocenters. The minimum Gasteiger partial charge on any atom is -0.352 e. The summed E-state index contributed by atoms with van der Waals surface area (Å²) in [4.78, 5) is 14.6. The Morgan fingerprint density at radius 3 is 2.42 bits per heavy atom. The molecule has 1 saturated heterocycles. The molecular formula is C15H29N3O. The fraction of sp³-hybridized carbons (Fsp3) is 0.933. The van der Waals surface area contributed by atoms with Crippen LogP contribution in [0, 0.1) is 11.8 Å². The summed E-state index contributed by atoms with van der Waals surface area (Å²) in [5.41, 5.74) is 5.88. The second-order valence-corrected chi connectivity index (χ2v) is 6.33. The van der Waals surface area contributed by atoms with E-state index in [0.29, 0.717) is 12.5 Å². The zero-order chi connectivity index (χ0) is 13.7. The number of amides is 1. The monoisotopic (exact) mass is 267 g/mol. The van der Waals surface area contributed by atoms with E-state index in [9.17, 15) is 4.79 Å². The lowest BCUT2D eigenvalue weighted by atomic mass is 9.83. The lowest BCUT2D eigenvalue weighted by Gasteiger charge is -2.33. The van der Waals surface area contributed by atoms with Gasteiger partial charge >= 0.3 is 0 Å². The van der Waals surface area contributed by atoms with Gasteiger partial charge in [-0.15, -0.1) is 0 Å². The Balaban J connectivity index is 1.81. The van der Waals surface area contributed by atoms with Gasteiger partial charge in [0.05, 0.1) is 0 Å². The van der Waals surface area contributed by atoms with Crippen LogP contribution in [0.2, 0.25) is 0 Å². The van der Waals surface area contributed by atoms with Crippen molar-refractivity contribution >= 4 is 5.91 Å². The smallest absolute Gasteiger partial charge is 0.223 e. The standard InChI is InChI=1S/C15H29N3O/c1-18-9-7-13(8-10-18)15(19)17-14(11-16)12-5-3-2-4-6-12/h12-14H,2-11,16H2,1H3,(H,17,19). The predicted octanol–water partition coefficient (Wildman–Crippen LogP) is 1.35. The van der Waals surface area contributed by atoms with Crippen LogP contribution in [-0.2, 0) is 4.79 Å². The number of carbonyl (C=O) groups excluding carboxylic acids is 1. The lowest BCUT2D eigenvalue weighted by molar-refractivity contribution is -0.127. The van der Waals surface area contributed by atoms with E-state index >= 15 is 0 Å². The van der Waals surface area contributed by atoms with Gasteiger partial charge in [0.1, 0.15) is 0 Å². The van der Waals surface area contributed by atoms with E-state index in [2.05, 4.69) is 17.3 Å². The summed E-state index contributed by atoms with van der Waals surface area (Å²) in [5.74, 6) is 1.05. The summed E-state index contributed by atoms with van der Waals surface area (Å²) in [7, 11) is 2.12. The molecule has 1 saturated carbocycles. The van der Waals surface area contributed by atoms with Crippen LogP contribution in [0.1, 0.15) is 44.9 Å². The fourth-order valence-electron chi connectivity index (χ4n) is 3.48. The maximum atomic E-state index is 12.3. The summed E-state index contributed by atoms with van der Waals surface area (Å²) >= 11 is 0. The molecule has 1 heterocycles. The lowest BCUT2D eigenvalue weighted by Crippen LogP contribution is -2.49. The molecule has 2 fully saturated rings. The normalized spacial score (nSPS) is 25.2. The van der Waals surface area contributed by atoms with Gasteiger partial charge in [0.2, 0.25) is 5.91 Å². The third-order valence-electron chi connectivity index (χ3n) is 4.89. The van der Waals surface area contributed by atoms with E-state index in [0.717, 1.165) is 25.9 Å². The summed E-state index contributed by atoms with van der Waals surface area (Å²) in [6.07, 6.45) is 8.38. The summed E-state index contributed by atoms with van der Waals surface area (Å²) in [5, 5.41) is 3.24. The number of carbonyl (C=O) groups is 1. The van der Waals surface area contributed by atoms with Gasteiger partial charge in [-0.1, -0.05) is 19.3 Å². The van der Waals surface area contributed by atoms with Crippen LogP contribution in [-0.4, -0.2) is 43.5 Å². The van der Waals surface area contributed by atoms with Gasteiger partial charge in [0.25, 0.3) is 0 Å². The first-order valence-corrected chi connectivity index (χ1v) is 7.89. The topological polar surface area (TPSA) is 58.4 Å². The molecule has 0 spiro atoms. The Hall–Kier alpha value is -0.610. The SMILES string of the molecule is CN1CCC(C(=O)NC(CN)C2CCCCC2)CC1. The van der Waals surface area contributed by atoms with Crippen LogP contribution in [0.5, 0.6) is 0 Å². The molecule has 0 aromatic heterocycles. The van der Waals surface area contributed by atoms with Crippen LogP contribution in [0.15, 0.2) is 0 Å². The van der Waals surface area contributed by atoms with Gasteiger partial charge in [0, 0.05) is 18.5 Å². The third kappa shape index (κ3) is 4.18. The molecule has 0 radical (unpaired) electrons. The van der Waals surface area contributed by atoms with Crippen LogP contribution >= 0.6 is 0 Å². The highest BCUT2D eigenvalue weighted by Crippen LogP contribution is 2.26. The zero-order valence-electron chi connectivity index (χ0n) is 12.2. The van der Waals surface area contributed by atoms with E-state index in [-0.39, 0.29) is 17.9 Å². The quantitative estimate of drug-likeness (QED) is 0.808. The molecule has 19 heavy (non-hydrogen) atoms. The van der Waals surface area contributed by atoms with Crippen molar-refractivity contribution in [2.24, 2.45) is 17.6 Å². The minimum atomic E-state index is 0.201. The molecule has 0 bridgehead atoms. The van der Waals surface area contributed by atoms with Crippen molar-refractivity contribution in [2.45, 2.75) is 51.0 Å². The molecular weight excluding hydrogens is 238 g/mol. The Labute approximate surface area is 117 Å². The maximum Gasteiger partial charge on any atom is 0.223 e. The van der Waals surface area contributed by atoms with Crippen molar-refractivity contribution in [3.05, 3.63) is 0 Å². The van der Waals surface area contributed by atoms with E-state index in [1.807, 2.05) is 0 Å². The summed E-state index contributed by atoms with van der Waals surface area (Å²) in [6.45, 7) is 2.66. The second kappa shape index (κ2) is 7.25. The number of hydrogen-bond donors (Lipinski definition) is 2. The molecule has 1 aliphatic heterocycles. The van der Waals surface area contributed by atoms with Crippen LogP contribution in [0.4, 0.5) is 0 Å². The van der Waals surface area contributed by atoms with Crippen molar-refractivity contribution in [3.8, 4) is 0 Å². The van der Waals surface area contributed by atoms with Crippen LogP contribution in [0.3, 0.4) is 0 Å². The maximum absolute atomic E-state index is 12.3. The van der Waals surface area contributed by atoms with Gasteiger partial charge in [-0.3, -0.25) is 4.79 Å². The molecule has 0 aromatic carbocycles. The Morgan fingerprint density at radius 2 is 1.84 bits per heavy atom. The molecule has 3 N–H and O–H groups in total. The summed E-state index contributed by atoms with van der Waals surface area (Å²) in [6, 6.07) is 0.201. The number of nitrogens with zero attached hydrogens (tertiary/aromatic N) is 1. The van der Waals surface area contributed by atoms with Gasteiger partial charge in [-0.05, 0) is 51.7 Å². The van der Waals surface area contributed by atoms with Gasteiger partial charge in [-0.2, -0.15) is 0 Å². The Bertz CT molecular complexity index is 281. The van der Waals surface area contributed by atoms with Crippen molar-refractivity contribution in [2.75, 3.05) is 26.7 Å². The average Bonchev–Trinajstić information content (AvgIpc) is 2.46. The van der Waals surface area contributed by atoms with Gasteiger partial charge in [-0.25, -0.2) is 0 Å². The van der Waals surface area contributed by atoms with E-state index in [1.165, 1.54) is 32.1 Å². The first kappa shape index (κ1) is 14.8. The zero-order valence-corrected chi connectivity index (χ0v) is 12.2. The first-order valence-electron chi connectivity index (χ1n) is 7.89. The van der Waals surface area contributed by atoms with E-state index in [4.69, 9.17) is 5.73 Å². The number of nitrogens with one attached hydrogen (secondary N) is 1. The number of piperidine rings is 1. The minimum absolute atomic E-state index is 0.201. The predicted molar refractivity (Wildman–Crippen MR) is 77.8 cm³/mol. The largest absolute Gasteiger partial charge is 0.352 e.